The second kappa shape index (κ2) is 7.02. The molecule has 0 radical (unpaired) electrons. The summed E-state index contributed by atoms with van der Waals surface area (Å²) < 4.78 is 32.0. The van der Waals surface area contributed by atoms with Gasteiger partial charge < -0.3 is 10.1 Å². The third kappa shape index (κ3) is 4.28. The second-order valence-electron chi connectivity index (χ2n) is 5.04. The predicted octanol–water partition coefficient (Wildman–Crippen LogP) is 3.99. The van der Waals surface area contributed by atoms with E-state index in [1.165, 1.54) is 0 Å². The standard InChI is InChI=1S/C17H17F2NO2/c1-11-3-4-12(2)16(9-11)22-8-7-17(21)20-15-10-13(18)5-6-14(15)19/h3-6,9-10H,7-8H2,1-2H3,(H,20,21). The smallest absolute Gasteiger partial charge is 0.227 e. The molecule has 0 aliphatic heterocycles. The van der Waals surface area contributed by atoms with Crippen LogP contribution in [0.3, 0.4) is 0 Å². The first kappa shape index (κ1) is 15.9. The third-order valence-electron chi connectivity index (χ3n) is 3.13. The lowest BCUT2D eigenvalue weighted by atomic mass is 10.1. The molecule has 0 bridgehead atoms. The van der Waals surface area contributed by atoms with Gasteiger partial charge in [-0.05, 0) is 43.2 Å². The van der Waals surface area contributed by atoms with Gasteiger partial charge in [0.2, 0.25) is 5.91 Å². The maximum Gasteiger partial charge on any atom is 0.227 e. The Hall–Kier alpha value is -2.43. The zero-order valence-electron chi connectivity index (χ0n) is 12.5. The van der Waals surface area contributed by atoms with Crippen LogP contribution in [0.4, 0.5) is 14.5 Å². The van der Waals surface area contributed by atoms with Crippen molar-refractivity contribution in [2.24, 2.45) is 0 Å². The highest BCUT2D eigenvalue weighted by atomic mass is 19.1. The number of carbonyl (C=O) groups excluding carboxylic acids is 1. The highest BCUT2D eigenvalue weighted by molar-refractivity contribution is 5.90. The van der Waals surface area contributed by atoms with Gasteiger partial charge in [-0.15, -0.1) is 0 Å². The highest BCUT2D eigenvalue weighted by Gasteiger charge is 2.09. The molecule has 0 aromatic heterocycles. The SMILES string of the molecule is Cc1ccc(C)c(OCCC(=O)Nc2cc(F)ccc2F)c1. The molecule has 0 saturated heterocycles. The fourth-order valence-corrected chi connectivity index (χ4v) is 1.92. The lowest BCUT2D eigenvalue weighted by molar-refractivity contribution is -0.116. The average molecular weight is 305 g/mol. The van der Waals surface area contributed by atoms with E-state index in [9.17, 15) is 13.6 Å². The fraction of sp³-hybridized carbons (Fsp3) is 0.235. The number of nitrogens with one attached hydrogen (secondary N) is 1. The van der Waals surface area contributed by atoms with E-state index in [1.807, 2.05) is 32.0 Å². The molecule has 5 heteroatoms. The number of rotatable bonds is 5. The van der Waals surface area contributed by atoms with Gasteiger partial charge in [0.05, 0.1) is 18.7 Å². The van der Waals surface area contributed by atoms with E-state index >= 15 is 0 Å². The monoisotopic (exact) mass is 305 g/mol. The summed E-state index contributed by atoms with van der Waals surface area (Å²) in [6.45, 7) is 4.02. The highest BCUT2D eigenvalue weighted by Crippen LogP contribution is 2.19. The molecular weight excluding hydrogens is 288 g/mol. The van der Waals surface area contributed by atoms with Crippen LogP contribution in [0.1, 0.15) is 17.5 Å². The maximum absolute atomic E-state index is 13.4. The topological polar surface area (TPSA) is 38.3 Å². The molecule has 0 heterocycles. The zero-order valence-corrected chi connectivity index (χ0v) is 12.5. The van der Waals surface area contributed by atoms with Crippen LogP contribution in [-0.4, -0.2) is 12.5 Å². The van der Waals surface area contributed by atoms with Crippen LogP contribution < -0.4 is 10.1 Å². The fourth-order valence-electron chi connectivity index (χ4n) is 1.92. The summed E-state index contributed by atoms with van der Waals surface area (Å²) in [6.07, 6.45) is 0.0450. The minimum absolute atomic E-state index is 0.0450. The average Bonchev–Trinajstić information content (AvgIpc) is 2.46. The van der Waals surface area contributed by atoms with Crippen molar-refractivity contribution >= 4 is 11.6 Å². The second-order valence-corrected chi connectivity index (χ2v) is 5.04. The molecule has 0 saturated carbocycles. The Balaban J connectivity index is 1.88. The van der Waals surface area contributed by atoms with Gasteiger partial charge in [-0.2, -0.15) is 0 Å². The van der Waals surface area contributed by atoms with E-state index in [-0.39, 0.29) is 18.7 Å². The Kier molecular flexibility index (Phi) is 5.09. The molecule has 2 aromatic carbocycles. The number of halogens is 2. The summed E-state index contributed by atoms with van der Waals surface area (Å²) >= 11 is 0. The molecule has 22 heavy (non-hydrogen) atoms. The Morgan fingerprint density at radius 1 is 1.14 bits per heavy atom. The number of benzene rings is 2. The molecule has 1 N–H and O–H groups in total. The Morgan fingerprint density at radius 2 is 1.91 bits per heavy atom. The van der Waals surface area contributed by atoms with Crippen LogP contribution in [-0.2, 0) is 4.79 Å². The quantitative estimate of drug-likeness (QED) is 0.907. The Bertz CT molecular complexity index is 686. The molecule has 0 aliphatic carbocycles. The van der Waals surface area contributed by atoms with Crippen molar-refractivity contribution < 1.29 is 18.3 Å². The number of hydrogen-bond acceptors (Lipinski definition) is 2. The van der Waals surface area contributed by atoms with Crippen LogP contribution in [0.5, 0.6) is 5.75 Å². The van der Waals surface area contributed by atoms with Gasteiger partial charge >= 0.3 is 0 Å². The van der Waals surface area contributed by atoms with Crippen molar-refractivity contribution in [3.05, 3.63) is 59.2 Å². The van der Waals surface area contributed by atoms with Crippen molar-refractivity contribution in [1.82, 2.24) is 0 Å². The van der Waals surface area contributed by atoms with Crippen LogP contribution in [0.25, 0.3) is 0 Å². The van der Waals surface area contributed by atoms with Gasteiger partial charge in [0.15, 0.2) is 0 Å². The van der Waals surface area contributed by atoms with Crippen LogP contribution in [0, 0.1) is 25.5 Å². The van der Waals surface area contributed by atoms with Gasteiger partial charge in [-0.25, -0.2) is 8.78 Å². The summed E-state index contributed by atoms with van der Waals surface area (Å²) in [6, 6.07) is 8.71. The summed E-state index contributed by atoms with van der Waals surface area (Å²) in [4.78, 5) is 11.7. The summed E-state index contributed by atoms with van der Waals surface area (Å²) in [5.74, 6) is -1.01. The van der Waals surface area contributed by atoms with Gasteiger partial charge in [-0.1, -0.05) is 12.1 Å². The first-order valence-corrected chi connectivity index (χ1v) is 6.90. The molecule has 0 unspecified atom stereocenters. The van der Waals surface area contributed by atoms with Crippen molar-refractivity contribution in [2.75, 3.05) is 11.9 Å². The van der Waals surface area contributed by atoms with Gasteiger partial charge in [0.1, 0.15) is 17.4 Å². The molecular formula is C17H17F2NO2. The summed E-state index contributed by atoms with van der Waals surface area (Å²) in [5, 5.41) is 2.33. The van der Waals surface area contributed by atoms with E-state index in [4.69, 9.17) is 4.74 Å². The van der Waals surface area contributed by atoms with Crippen LogP contribution in [0.2, 0.25) is 0 Å². The molecule has 0 aliphatic rings. The van der Waals surface area contributed by atoms with Crippen molar-refractivity contribution in [2.45, 2.75) is 20.3 Å². The van der Waals surface area contributed by atoms with E-state index in [1.54, 1.807) is 0 Å². The minimum atomic E-state index is -0.676. The summed E-state index contributed by atoms with van der Waals surface area (Å²) in [7, 11) is 0. The molecule has 0 spiro atoms. The number of aryl methyl sites for hydroxylation is 2. The zero-order chi connectivity index (χ0) is 16.1. The number of ether oxygens (including phenoxy) is 1. The van der Waals surface area contributed by atoms with E-state index < -0.39 is 17.5 Å². The Labute approximate surface area is 127 Å². The summed E-state index contributed by atoms with van der Waals surface area (Å²) in [5.41, 5.74) is 1.87. The molecule has 1 amide bonds. The molecule has 2 aromatic rings. The van der Waals surface area contributed by atoms with Crippen molar-refractivity contribution in [1.29, 1.82) is 0 Å². The maximum atomic E-state index is 13.4. The largest absolute Gasteiger partial charge is 0.493 e. The number of anilines is 1. The van der Waals surface area contributed by atoms with E-state index in [2.05, 4.69) is 5.32 Å². The van der Waals surface area contributed by atoms with Crippen molar-refractivity contribution in [3.8, 4) is 5.75 Å². The van der Waals surface area contributed by atoms with E-state index in [0.717, 1.165) is 29.3 Å². The molecule has 0 atom stereocenters. The van der Waals surface area contributed by atoms with Gasteiger partial charge in [-0.3, -0.25) is 4.79 Å². The minimum Gasteiger partial charge on any atom is -0.493 e. The third-order valence-corrected chi connectivity index (χ3v) is 3.13. The van der Waals surface area contributed by atoms with Crippen molar-refractivity contribution in [3.63, 3.8) is 0 Å². The van der Waals surface area contributed by atoms with Gasteiger partial charge in [0, 0.05) is 6.07 Å². The Morgan fingerprint density at radius 3 is 2.68 bits per heavy atom. The molecule has 3 nitrogen and oxygen atoms in total. The number of hydrogen-bond donors (Lipinski definition) is 1. The van der Waals surface area contributed by atoms with Crippen LogP contribution in [0.15, 0.2) is 36.4 Å². The first-order valence-electron chi connectivity index (χ1n) is 6.90. The van der Waals surface area contributed by atoms with Gasteiger partial charge in [0.25, 0.3) is 0 Å². The predicted molar refractivity (Wildman–Crippen MR) is 81.0 cm³/mol. The van der Waals surface area contributed by atoms with E-state index in [0.29, 0.717) is 5.75 Å². The lowest BCUT2D eigenvalue weighted by Gasteiger charge is -2.10. The first-order chi connectivity index (χ1) is 10.5. The van der Waals surface area contributed by atoms with Crippen LogP contribution >= 0.6 is 0 Å². The molecule has 116 valence electrons. The normalized spacial score (nSPS) is 10.4. The molecule has 2 rings (SSSR count). The number of amides is 1. The molecule has 0 fully saturated rings. The lowest BCUT2D eigenvalue weighted by Crippen LogP contribution is -2.16. The number of carbonyl (C=O) groups is 1.